The number of carboxylic acids is 2. The second-order valence-electron chi connectivity index (χ2n) is 4.62. The number of halogens is 1. The molecule has 6 nitrogen and oxygen atoms in total. The van der Waals surface area contributed by atoms with Gasteiger partial charge in [0.05, 0.1) is 0 Å². The Labute approximate surface area is 133 Å². The van der Waals surface area contributed by atoms with Crippen LogP contribution in [0.1, 0.15) is 12.0 Å². The predicted molar refractivity (Wildman–Crippen MR) is 83.7 cm³/mol. The summed E-state index contributed by atoms with van der Waals surface area (Å²) >= 11 is 5.73. The molecule has 2 heterocycles. The van der Waals surface area contributed by atoms with Gasteiger partial charge in [0, 0.05) is 31.4 Å². The fourth-order valence-electron chi connectivity index (χ4n) is 1.74. The number of likely N-dealkylation sites (N-methyl/N-ethyl adjacent to an activating group) is 1. The first-order valence-electron chi connectivity index (χ1n) is 6.52. The molecule has 1 aromatic heterocycles. The van der Waals surface area contributed by atoms with Crippen LogP contribution < -0.4 is 0 Å². The van der Waals surface area contributed by atoms with Gasteiger partial charge >= 0.3 is 11.9 Å². The van der Waals surface area contributed by atoms with E-state index < -0.39 is 11.9 Å². The van der Waals surface area contributed by atoms with E-state index in [1.807, 2.05) is 18.3 Å². The van der Waals surface area contributed by atoms with E-state index in [0.717, 1.165) is 19.5 Å². The van der Waals surface area contributed by atoms with Gasteiger partial charge in [0.25, 0.3) is 0 Å². The van der Waals surface area contributed by atoms with E-state index in [4.69, 9.17) is 21.8 Å². The zero-order valence-electron chi connectivity index (χ0n) is 12.1. The largest absolute Gasteiger partial charge is 0.478 e. The van der Waals surface area contributed by atoms with Crippen LogP contribution in [0.2, 0.25) is 5.15 Å². The Morgan fingerprint density at radius 1 is 1.27 bits per heavy atom. The van der Waals surface area contributed by atoms with Crippen LogP contribution in [0.15, 0.2) is 36.6 Å². The highest BCUT2D eigenvalue weighted by molar-refractivity contribution is 6.29. The minimum atomic E-state index is -1.26. The molecule has 0 aromatic carbocycles. The number of pyridine rings is 1. The van der Waals surface area contributed by atoms with Crippen molar-refractivity contribution in [1.82, 2.24) is 9.88 Å². The molecular weight excluding hydrogens is 308 g/mol. The van der Waals surface area contributed by atoms with Gasteiger partial charge in [-0.3, -0.25) is 0 Å². The summed E-state index contributed by atoms with van der Waals surface area (Å²) in [4.78, 5) is 25.5. The van der Waals surface area contributed by atoms with E-state index in [2.05, 4.69) is 23.0 Å². The molecule has 1 aliphatic heterocycles. The van der Waals surface area contributed by atoms with Crippen LogP contribution in [0.4, 0.5) is 0 Å². The summed E-state index contributed by atoms with van der Waals surface area (Å²) in [5, 5.41) is 16.2. The van der Waals surface area contributed by atoms with Gasteiger partial charge in [-0.25, -0.2) is 14.6 Å². The fourth-order valence-corrected chi connectivity index (χ4v) is 1.85. The zero-order chi connectivity index (χ0) is 16.5. The Morgan fingerprint density at radius 3 is 2.32 bits per heavy atom. The molecule has 0 unspecified atom stereocenters. The fraction of sp³-hybridized carbons (Fsp3) is 0.267. The van der Waals surface area contributed by atoms with Crippen LogP contribution in [-0.4, -0.2) is 52.2 Å². The molecule has 0 amide bonds. The van der Waals surface area contributed by atoms with Crippen molar-refractivity contribution < 1.29 is 19.8 Å². The molecule has 0 bridgehead atoms. The molecule has 0 aliphatic carbocycles. The van der Waals surface area contributed by atoms with E-state index in [-0.39, 0.29) is 0 Å². The normalized spacial score (nSPS) is 14.9. The molecule has 0 atom stereocenters. The maximum absolute atomic E-state index is 9.55. The lowest BCUT2D eigenvalue weighted by Crippen LogP contribution is -2.23. The summed E-state index contributed by atoms with van der Waals surface area (Å²) in [5.74, 6) is -2.51. The minimum absolute atomic E-state index is 0.558. The number of nitrogens with zero attached hydrogens (tertiary/aromatic N) is 2. The summed E-state index contributed by atoms with van der Waals surface area (Å²) in [7, 11) is 2.13. The molecule has 22 heavy (non-hydrogen) atoms. The van der Waals surface area contributed by atoms with Gasteiger partial charge in [0.15, 0.2) is 0 Å². The van der Waals surface area contributed by atoms with E-state index >= 15 is 0 Å². The molecule has 0 spiro atoms. The first kappa shape index (κ1) is 17.9. The summed E-state index contributed by atoms with van der Waals surface area (Å²) in [6, 6.07) is 3.88. The standard InChI is InChI=1S/C11H13ClN2.C4H4O4/c1-14-6-4-9(5-7-14)10-2-3-11(12)13-8-10;5-3(6)1-2-4(7)8/h2-4,8H,5-7H2,1H3;1-2H,(H,5,6)(H,7,8)/b;2-1-. The van der Waals surface area contributed by atoms with Crippen LogP contribution in [0.5, 0.6) is 0 Å². The van der Waals surface area contributed by atoms with Crippen LogP contribution in [0.3, 0.4) is 0 Å². The molecule has 2 rings (SSSR count). The van der Waals surface area contributed by atoms with E-state index in [1.54, 1.807) is 0 Å². The Hall–Kier alpha value is -2.18. The second-order valence-corrected chi connectivity index (χ2v) is 5.01. The number of carbonyl (C=O) groups is 2. The summed E-state index contributed by atoms with van der Waals surface area (Å²) in [6.45, 7) is 2.15. The van der Waals surface area contributed by atoms with Crippen molar-refractivity contribution in [3.63, 3.8) is 0 Å². The Morgan fingerprint density at radius 2 is 1.91 bits per heavy atom. The summed E-state index contributed by atoms with van der Waals surface area (Å²) < 4.78 is 0. The Bertz CT molecular complexity index is 566. The monoisotopic (exact) mass is 324 g/mol. The molecule has 0 saturated heterocycles. The maximum Gasteiger partial charge on any atom is 0.328 e. The van der Waals surface area contributed by atoms with Crippen molar-refractivity contribution in [1.29, 1.82) is 0 Å². The number of hydrogen-bond donors (Lipinski definition) is 2. The molecule has 1 aliphatic rings. The third kappa shape index (κ3) is 7.01. The van der Waals surface area contributed by atoms with E-state index in [9.17, 15) is 9.59 Å². The lowest BCUT2D eigenvalue weighted by Gasteiger charge is -2.21. The van der Waals surface area contributed by atoms with Crippen molar-refractivity contribution in [2.45, 2.75) is 6.42 Å². The highest BCUT2D eigenvalue weighted by atomic mass is 35.5. The molecule has 0 fully saturated rings. The topological polar surface area (TPSA) is 90.7 Å². The summed E-state index contributed by atoms with van der Waals surface area (Å²) in [6.07, 6.45) is 6.32. The first-order valence-corrected chi connectivity index (χ1v) is 6.89. The van der Waals surface area contributed by atoms with Crippen molar-refractivity contribution in [2.75, 3.05) is 20.1 Å². The van der Waals surface area contributed by atoms with Crippen molar-refractivity contribution in [3.05, 3.63) is 47.3 Å². The maximum atomic E-state index is 9.55. The van der Waals surface area contributed by atoms with Crippen LogP contribution in [0, 0.1) is 0 Å². The molecule has 1 aromatic rings. The van der Waals surface area contributed by atoms with Crippen molar-refractivity contribution in [2.24, 2.45) is 0 Å². The Kier molecular flexibility index (Phi) is 7.28. The highest BCUT2D eigenvalue weighted by Crippen LogP contribution is 2.21. The van der Waals surface area contributed by atoms with Gasteiger partial charge in [0.1, 0.15) is 5.15 Å². The third-order valence-corrected chi connectivity index (χ3v) is 3.10. The number of rotatable bonds is 3. The molecule has 2 N–H and O–H groups in total. The van der Waals surface area contributed by atoms with Gasteiger partial charge in [-0.2, -0.15) is 0 Å². The lowest BCUT2D eigenvalue weighted by atomic mass is 10.0. The predicted octanol–water partition coefficient (Wildman–Crippen LogP) is 2.17. The second kappa shape index (κ2) is 8.96. The van der Waals surface area contributed by atoms with Gasteiger partial charge in [-0.1, -0.05) is 23.7 Å². The quantitative estimate of drug-likeness (QED) is 0.654. The van der Waals surface area contributed by atoms with Gasteiger partial charge in [-0.15, -0.1) is 0 Å². The van der Waals surface area contributed by atoms with Crippen LogP contribution in [-0.2, 0) is 9.59 Å². The van der Waals surface area contributed by atoms with Gasteiger partial charge < -0.3 is 15.1 Å². The number of carboxylic acid groups (broad SMARTS) is 2. The van der Waals surface area contributed by atoms with Gasteiger partial charge in [-0.05, 0) is 30.7 Å². The minimum Gasteiger partial charge on any atom is -0.478 e. The van der Waals surface area contributed by atoms with Crippen LogP contribution in [0.25, 0.3) is 5.57 Å². The number of aromatic nitrogens is 1. The number of aliphatic carboxylic acids is 2. The zero-order valence-corrected chi connectivity index (χ0v) is 12.8. The lowest BCUT2D eigenvalue weighted by molar-refractivity contribution is -0.134. The van der Waals surface area contributed by atoms with E-state index in [1.165, 1.54) is 11.1 Å². The van der Waals surface area contributed by atoms with E-state index in [0.29, 0.717) is 17.3 Å². The third-order valence-electron chi connectivity index (χ3n) is 2.88. The van der Waals surface area contributed by atoms with Crippen molar-refractivity contribution >= 4 is 29.1 Å². The first-order chi connectivity index (χ1) is 10.4. The molecule has 0 radical (unpaired) electrons. The van der Waals surface area contributed by atoms with Gasteiger partial charge in [0.2, 0.25) is 0 Å². The van der Waals surface area contributed by atoms with Crippen molar-refractivity contribution in [3.8, 4) is 0 Å². The molecule has 0 saturated carbocycles. The Balaban J connectivity index is 0.000000261. The summed E-state index contributed by atoms with van der Waals surface area (Å²) in [5.41, 5.74) is 2.58. The molecule has 7 heteroatoms. The van der Waals surface area contributed by atoms with Crippen LogP contribution >= 0.6 is 11.6 Å². The molecular formula is C15H17ClN2O4. The average Bonchev–Trinajstić information content (AvgIpc) is 2.48. The SMILES string of the molecule is CN1CC=C(c2ccc(Cl)nc2)CC1.O=C(O)/C=C\C(=O)O. The highest BCUT2D eigenvalue weighted by Gasteiger charge is 2.09. The average molecular weight is 325 g/mol. The molecule has 118 valence electrons. The number of hydrogen-bond acceptors (Lipinski definition) is 4. The smallest absolute Gasteiger partial charge is 0.328 e.